The Balaban J connectivity index is 1.89. The van der Waals surface area contributed by atoms with Gasteiger partial charge in [0.25, 0.3) is 17.9 Å². The molecule has 11 heteroatoms. The van der Waals surface area contributed by atoms with Crippen LogP contribution in [0, 0.1) is 5.82 Å². The van der Waals surface area contributed by atoms with E-state index in [0.29, 0.717) is 21.9 Å². The number of hydrogen-bond acceptors (Lipinski definition) is 5. The standard InChI is InChI=1S/C26H29F3N2O5Si/c1-31(26(34)21-13-24(33)30-36-21)25(18-8-5-16(6-9-18)14-35-15-23(28)29)20(32)12-17-7-10-22(19(27)11-17)37(2,3)4/h5-11,13,23,25H,12,14-15H2,1-4H3,(H,30,33). The summed E-state index contributed by atoms with van der Waals surface area (Å²) < 4.78 is 49.3. The van der Waals surface area contributed by atoms with E-state index in [1.807, 2.05) is 24.8 Å². The number of alkyl halides is 2. The third-order valence-corrected chi connectivity index (χ3v) is 7.80. The summed E-state index contributed by atoms with van der Waals surface area (Å²) in [5.41, 5.74) is 0.895. The largest absolute Gasteiger partial charge is 0.373 e. The van der Waals surface area contributed by atoms with Crippen LogP contribution in [-0.2, 0) is 22.6 Å². The number of carbonyl (C=O) groups is 2. The fourth-order valence-electron chi connectivity index (χ4n) is 3.94. The molecule has 0 radical (unpaired) electrons. The molecular weight excluding hydrogens is 505 g/mol. The van der Waals surface area contributed by atoms with Gasteiger partial charge >= 0.3 is 0 Å². The lowest BCUT2D eigenvalue weighted by atomic mass is 9.95. The third kappa shape index (κ3) is 7.29. The molecule has 0 saturated heterocycles. The first kappa shape index (κ1) is 28.1. The van der Waals surface area contributed by atoms with Gasteiger partial charge in [0.05, 0.1) is 20.7 Å². The van der Waals surface area contributed by atoms with Gasteiger partial charge in [-0.1, -0.05) is 56.0 Å². The van der Waals surface area contributed by atoms with Crippen molar-refractivity contribution >= 4 is 25.0 Å². The molecule has 0 aliphatic carbocycles. The predicted molar refractivity (Wildman–Crippen MR) is 134 cm³/mol. The van der Waals surface area contributed by atoms with Crippen LogP contribution < -0.4 is 10.7 Å². The second-order valence-corrected chi connectivity index (χ2v) is 14.8. The molecule has 0 fully saturated rings. The number of hydrogen-bond donors (Lipinski definition) is 1. The predicted octanol–water partition coefficient (Wildman–Crippen LogP) is 4.06. The van der Waals surface area contributed by atoms with Crippen LogP contribution in [0.1, 0.15) is 33.3 Å². The highest BCUT2D eigenvalue weighted by molar-refractivity contribution is 6.88. The van der Waals surface area contributed by atoms with Gasteiger partial charge in [-0.25, -0.2) is 13.2 Å². The number of nitrogens with one attached hydrogen (secondary N) is 1. The normalized spacial score (nSPS) is 12.5. The Morgan fingerprint density at radius 2 is 1.70 bits per heavy atom. The number of halogens is 3. The molecule has 1 atom stereocenters. The zero-order valence-corrected chi connectivity index (χ0v) is 22.0. The number of benzene rings is 2. The number of aromatic nitrogens is 1. The monoisotopic (exact) mass is 534 g/mol. The van der Waals surface area contributed by atoms with Gasteiger partial charge in [-0.2, -0.15) is 5.16 Å². The smallest absolute Gasteiger partial charge is 0.293 e. The Morgan fingerprint density at radius 3 is 2.24 bits per heavy atom. The van der Waals surface area contributed by atoms with Gasteiger partial charge in [-0.05, 0) is 27.9 Å². The van der Waals surface area contributed by atoms with Gasteiger partial charge < -0.3 is 14.2 Å². The number of carbonyl (C=O) groups excluding carboxylic acids is 2. The molecule has 7 nitrogen and oxygen atoms in total. The van der Waals surface area contributed by atoms with Crippen molar-refractivity contribution in [3.8, 4) is 0 Å². The molecule has 198 valence electrons. The quantitative estimate of drug-likeness (QED) is 0.375. The number of amides is 1. The minimum absolute atomic E-state index is 0.0464. The van der Waals surface area contributed by atoms with Gasteiger partial charge in [0, 0.05) is 13.5 Å². The van der Waals surface area contributed by atoms with E-state index in [-0.39, 0.29) is 24.6 Å². The highest BCUT2D eigenvalue weighted by Crippen LogP contribution is 2.25. The number of rotatable bonds is 11. The number of aromatic amines is 1. The summed E-state index contributed by atoms with van der Waals surface area (Å²) in [4.78, 5) is 39.1. The van der Waals surface area contributed by atoms with E-state index in [1.54, 1.807) is 36.4 Å². The van der Waals surface area contributed by atoms with E-state index in [0.717, 1.165) is 11.0 Å². The van der Waals surface area contributed by atoms with Gasteiger partial charge in [0.1, 0.15) is 18.5 Å². The van der Waals surface area contributed by atoms with E-state index in [4.69, 9.17) is 9.26 Å². The Labute approximate surface area is 213 Å². The van der Waals surface area contributed by atoms with E-state index < -0.39 is 44.4 Å². The number of ketones is 1. The molecule has 1 amide bonds. The topological polar surface area (TPSA) is 92.6 Å². The van der Waals surface area contributed by atoms with Crippen molar-refractivity contribution in [3.63, 3.8) is 0 Å². The van der Waals surface area contributed by atoms with Crippen LogP contribution in [0.3, 0.4) is 0 Å². The van der Waals surface area contributed by atoms with Crippen molar-refractivity contribution in [2.45, 2.75) is 45.1 Å². The van der Waals surface area contributed by atoms with Crippen molar-refractivity contribution in [2.24, 2.45) is 0 Å². The first-order valence-corrected chi connectivity index (χ1v) is 15.1. The van der Waals surface area contributed by atoms with E-state index in [2.05, 4.69) is 0 Å². The molecule has 1 N–H and O–H groups in total. The van der Waals surface area contributed by atoms with Crippen molar-refractivity contribution in [1.29, 1.82) is 0 Å². The van der Waals surface area contributed by atoms with E-state index in [1.165, 1.54) is 13.1 Å². The van der Waals surface area contributed by atoms with Crippen LogP contribution in [0.25, 0.3) is 0 Å². The molecule has 0 aliphatic heterocycles. The molecule has 0 saturated carbocycles. The summed E-state index contributed by atoms with van der Waals surface area (Å²) in [5.74, 6) is -1.74. The average Bonchev–Trinajstić information content (AvgIpc) is 3.25. The van der Waals surface area contributed by atoms with Crippen molar-refractivity contribution in [2.75, 3.05) is 13.7 Å². The lowest BCUT2D eigenvalue weighted by Gasteiger charge is -2.27. The summed E-state index contributed by atoms with van der Waals surface area (Å²) in [7, 11) is -0.513. The first-order valence-electron chi connectivity index (χ1n) is 11.6. The number of H-pyrrole nitrogens is 1. The lowest BCUT2D eigenvalue weighted by molar-refractivity contribution is -0.122. The summed E-state index contributed by atoms with van der Waals surface area (Å²) in [6.07, 6.45) is -2.74. The maximum atomic E-state index is 14.8. The molecule has 1 unspecified atom stereocenters. The van der Waals surface area contributed by atoms with Gasteiger partial charge in [0.2, 0.25) is 5.76 Å². The van der Waals surface area contributed by atoms with Crippen molar-refractivity contribution in [1.82, 2.24) is 10.1 Å². The minimum atomic E-state index is -2.58. The maximum Gasteiger partial charge on any atom is 0.293 e. The second-order valence-electron chi connectivity index (χ2n) is 9.75. The minimum Gasteiger partial charge on any atom is -0.373 e. The molecule has 1 aromatic heterocycles. The Morgan fingerprint density at radius 1 is 1.05 bits per heavy atom. The fourth-order valence-corrected chi connectivity index (χ4v) is 5.31. The highest BCUT2D eigenvalue weighted by Gasteiger charge is 2.31. The van der Waals surface area contributed by atoms with E-state index in [9.17, 15) is 27.6 Å². The highest BCUT2D eigenvalue weighted by atomic mass is 28.3. The number of nitrogens with zero attached hydrogens (tertiary/aromatic N) is 1. The molecule has 1 heterocycles. The van der Waals surface area contributed by atoms with Gasteiger partial charge in [-0.3, -0.25) is 14.4 Å². The number of ether oxygens (including phenoxy) is 1. The number of likely N-dealkylation sites (N-methyl/N-ethyl adjacent to an activating group) is 1. The summed E-state index contributed by atoms with van der Waals surface area (Å²) >= 11 is 0. The molecule has 37 heavy (non-hydrogen) atoms. The molecular formula is C26H29F3N2O5Si. The molecule has 0 bridgehead atoms. The average molecular weight is 535 g/mol. The Kier molecular flexibility index (Phi) is 8.92. The zero-order valence-electron chi connectivity index (χ0n) is 21.0. The molecule has 0 aliphatic rings. The zero-order chi connectivity index (χ0) is 27.3. The van der Waals surface area contributed by atoms with Crippen LogP contribution in [0.5, 0.6) is 0 Å². The van der Waals surface area contributed by atoms with Crippen LogP contribution in [0.2, 0.25) is 19.6 Å². The van der Waals surface area contributed by atoms with Gasteiger partial charge in [-0.15, -0.1) is 0 Å². The fraction of sp³-hybridized carbons (Fsp3) is 0.346. The molecule has 3 rings (SSSR count). The molecule has 2 aromatic carbocycles. The van der Waals surface area contributed by atoms with E-state index >= 15 is 0 Å². The Bertz CT molecular complexity index is 1300. The lowest BCUT2D eigenvalue weighted by Crippen LogP contribution is -2.40. The van der Waals surface area contributed by atoms with Crippen molar-refractivity contribution < 1.29 is 32.0 Å². The van der Waals surface area contributed by atoms with Crippen LogP contribution in [-0.4, -0.2) is 49.9 Å². The molecule has 0 spiro atoms. The van der Waals surface area contributed by atoms with Crippen molar-refractivity contribution in [3.05, 3.63) is 87.2 Å². The molecule has 3 aromatic rings. The third-order valence-electron chi connectivity index (χ3n) is 5.78. The van der Waals surface area contributed by atoms with Crippen LogP contribution in [0.15, 0.2) is 57.8 Å². The summed E-state index contributed by atoms with van der Waals surface area (Å²) in [6.45, 7) is 5.32. The maximum absolute atomic E-state index is 14.8. The first-order chi connectivity index (χ1) is 17.4. The SMILES string of the molecule is CN(C(=O)c1cc(=O)[nH]o1)C(C(=O)Cc1ccc([Si](C)(C)C)c(F)c1)c1ccc(COCC(F)F)cc1. The number of Topliss-reactive ketones (excluding diaryl/α,β-unsaturated/α-hetero) is 1. The van der Waals surface area contributed by atoms with Gasteiger partial charge in [0.15, 0.2) is 5.78 Å². The second kappa shape index (κ2) is 11.7. The van der Waals surface area contributed by atoms with Crippen LogP contribution >= 0.6 is 0 Å². The summed E-state index contributed by atoms with van der Waals surface area (Å²) in [5, 5.41) is 2.69. The van der Waals surface area contributed by atoms with Crippen LogP contribution in [0.4, 0.5) is 13.2 Å². The Hall–Kier alpha value is -3.44. The summed E-state index contributed by atoms with van der Waals surface area (Å²) in [6, 6.07) is 11.1.